The van der Waals surface area contributed by atoms with Gasteiger partial charge in [-0.05, 0) is 112 Å². The van der Waals surface area contributed by atoms with Crippen LogP contribution in [0.25, 0.3) is 0 Å². The number of hydrogen-bond acceptors (Lipinski definition) is 3. The van der Waals surface area contributed by atoms with E-state index in [1.165, 1.54) is 51.4 Å². The van der Waals surface area contributed by atoms with Crippen LogP contribution in [0.2, 0.25) is 0 Å². The molecule has 0 radical (unpaired) electrons. The molecule has 0 unspecified atom stereocenters. The van der Waals surface area contributed by atoms with E-state index in [4.69, 9.17) is 0 Å². The standard InChI is InChI=1S/C23H37N3O/c1-22(27)10-7-18-16(15-22)3-5-20-19(18)8-11-23(2)17(4-6-21(20)23)9-13-26-14-12-24-25-26/h12,14,16-21,27H,3-11,13,15H2,1-2H3/t16-,17+,18-,19+,20+,21-,22+,23+/m0/s1. The molecule has 1 N–H and O–H groups in total. The lowest BCUT2D eigenvalue weighted by Crippen LogP contribution is -2.50. The van der Waals surface area contributed by atoms with Gasteiger partial charge in [-0.3, -0.25) is 4.68 Å². The lowest BCUT2D eigenvalue weighted by atomic mass is 9.49. The highest BCUT2D eigenvalue weighted by Gasteiger charge is 2.57. The summed E-state index contributed by atoms with van der Waals surface area (Å²) in [4.78, 5) is 0. The molecule has 4 aliphatic rings. The summed E-state index contributed by atoms with van der Waals surface area (Å²) >= 11 is 0. The third-order valence-electron chi connectivity index (χ3n) is 9.61. The highest BCUT2D eigenvalue weighted by atomic mass is 16.3. The van der Waals surface area contributed by atoms with Gasteiger partial charge in [-0.1, -0.05) is 12.1 Å². The molecule has 1 heterocycles. The maximum Gasteiger partial charge on any atom is 0.0692 e. The first-order valence-corrected chi connectivity index (χ1v) is 11.5. The summed E-state index contributed by atoms with van der Waals surface area (Å²) in [6, 6.07) is 0. The highest BCUT2D eigenvalue weighted by Crippen LogP contribution is 2.65. The molecule has 0 amide bonds. The van der Waals surface area contributed by atoms with Crippen LogP contribution in [0, 0.1) is 40.9 Å². The molecule has 4 saturated carbocycles. The predicted octanol–water partition coefficient (Wildman–Crippen LogP) is 4.69. The molecule has 0 bridgehead atoms. The van der Waals surface area contributed by atoms with Gasteiger partial charge in [0.1, 0.15) is 0 Å². The second-order valence-electron chi connectivity index (χ2n) is 10.9. The molecule has 1 aromatic heterocycles. The van der Waals surface area contributed by atoms with Crippen LogP contribution in [0.15, 0.2) is 12.4 Å². The fourth-order valence-electron chi connectivity index (χ4n) is 8.30. The molecular formula is C23H37N3O. The van der Waals surface area contributed by atoms with Gasteiger partial charge in [0.05, 0.1) is 11.8 Å². The van der Waals surface area contributed by atoms with E-state index in [0.717, 1.165) is 54.9 Å². The topological polar surface area (TPSA) is 50.9 Å². The maximum absolute atomic E-state index is 10.6. The van der Waals surface area contributed by atoms with Crippen LogP contribution in [0.3, 0.4) is 0 Å². The molecule has 4 aliphatic carbocycles. The molecule has 150 valence electrons. The van der Waals surface area contributed by atoms with Gasteiger partial charge in [0.25, 0.3) is 0 Å². The molecular weight excluding hydrogens is 334 g/mol. The van der Waals surface area contributed by atoms with Crippen molar-refractivity contribution in [2.45, 2.75) is 90.2 Å². The smallest absolute Gasteiger partial charge is 0.0692 e. The quantitative estimate of drug-likeness (QED) is 0.839. The van der Waals surface area contributed by atoms with Crippen LogP contribution in [0.5, 0.6) is 0 Å². The Morgan fingerprint density at radius 1 is 1.00 bits per heavy atom. The second-order valence-corrected chi connectivity index (χ2v) is 10.9. The second kappa shape index (κ2) is 6.57. The molecule has 27 heavy (non-hydrogen) atoms. The Hall–Kier alpha value is -0.900. The van der Waals surface area contributed by atoms with Crippen molar-refractivity contribution in [2.75, 3.05) is 0 Å². The summed E-state index contributed by atoms with van der Waals surface area (Å²) in [5.74, 6) is 5.42. The normalized spacial score (nSPS) is 49.3. The van der Waals surface area contributed by atoms with Crippen LogP contribution in [0.1, 0.15) is 78.1 Å². The summed E-state index contributed by atoms with van der Waals surface area (Å²) in [5.41, 5.74) is 0.158. The zero-order valence-corrected chi connectivity index (χ0v) is 17.2. The molecule has 8 atom stereocenters. The first-order chi connectivity index (χ1) is 13.0. The van der Waals surface area contributed by atoms with Gasteiger partial charge in [-0.15, -0.1) is 5.10 Å². The summed E-state index contributed by atoms with van der Waals surface area (Å²) in [6.07, 6.45) is 17.0. The predicted molar refractivity (Wildman–Crippen MR) is 106 cm³/mol. The Morgan fingerprint density at radius 2 is 1.85 bits per heavy atom. The molecule has 0 spiro atoms. The maximum atomic E-state index is 10.6. The Morgan fingerprint density at radius 3 is 2.67 bits per heavy atom. The number of fused-ring (bicyclic) bond motifs is 5. The third-order valence-corrected chi connectivity index (χ3v) is 9.61. The molecule has 0 saturated heterocycles. The lowest BCUT2D eigenvalue weighted by molar-refractivity contribution is -0.100. The van der Waals surface area contributed by atoms with Crippen molar-refractivity contribution in [3.63, 3.8) is 0 Å². The van der Waals surface area contributed by atoms with E-state index in [2.05, 4.69) is 24.2 Å². The van der Waals surface area contributed by atoms with Crippen LogP contribution >= 0.6 is 0 Å². The van der Waals surface area contributed by atoms with Crippen molar-refractivity contribution in [2.24, 2.45) is 40.9 Å². The number of aliphatic hydroxyl groups is 1. The van der Waals surface area contributed by atoms with E-state index in [1.807, 2.05) is 10.9 Å². The van der Waals surface area contributed by atoms with E-state index in [-0.39, 0.29) is 0 Å². The van der Waals surface area contributed by atoms with Gasteiger partial charge in [0.15, 0.2) is 0 Å². The van der Waals surface area contributed by atoms with Crippen LogP contribution in [-0.4, -0.2) is 25.7 Å². The minimum atomic E-state index is -0.392. The SMILES string of the molecule is C[C@@]1(O)CC[C@H]2[C@@H](CC[C@@H]3[C@@H]2CC[C@]2(C)[C@@H](CCn4ccnn4)CC[C@@H]32)C1. The third kappa shape index (κ3) is 3.07. The van der Waals surface area contributed by atoms with Gasteiger partial charge in [0.2, 0.25) is 0 Å². The van der Waals surface area contributed by atoms with Crippen molar-refractivity contribution in [3.8, 4) is 0 Å². The number of aryl methyl sites for hydroxylation is 1. The summed E-state index contributed by atoms with van der Waals surface area (Å²) in [6.45, 7) is 5.73. The zero-order valence-electron chi connectivity index (χ0n) is 17.2. The van der Waals surface area contributed by atoms with Crippen LogP contribution < -0.4 is 0 Å². The molecule has 0 aromatic carbocycles. The number of rotatable bonds is 3. The van der Waals surface area contributed by atoms with Gasteiger partial charge in [-0.25, -0.2) is 0 Å². The Bertz CT molecular complexity index is 657. The largest absolute Gasteiger partial charge is 0.390 e. The average Bonchev–Trinajstić information content (AvgIpc) is 3.26. The first-order valence-electron chi connectivity index (χ1n) is 11.5. The number of nitrogens with zero attached hydrogens (tertiary/aromatic N) is 3. The van der Waals surface area contributed by atoms with Gasteiger partial charge in [-0.2, -0.15) is 0 Å². The van der Waals surface area contributed by atoms with Crippen LogP contribution in [0.4, 0.5) is 0 Å². The summed E-state index contributed by atoms with van der Waals surface area (Å²) in [5, 5.41) is 18.7. The minimum Gasteiger partial charge on any atom is -0.390 e. The Kier molecular flexibility index (Phi) is 4.42. The summed E-state index contributed by atoms with van der Waals surface area (Å²) < 4.78 is 2.02. The zero-order chi connectivity index (χ0) is 18.6. The van der Waals surface area contributed by atoms with E-state index in [1.54, 1.807) is 6.20 Å². The number of aromatic nitrogens is 3. The molecule has 5 rings (SSSR count). The molecule has 0 aliphatic heterocycles. The van der Waals surface area contributed by atoms with Crippen molar-refractivity contribution in [3.05, 3.63) is 12.4 Å². The van der Waals surface area contributed by atoms with Gasteiger partial charge >= 0.3 is 0 Å². The fraction of sp³-hybridized carbons (Fsp3) is 0.913. The monoisotopic (exact) mass is 371 g/mol. The van der Waals surface area contributed by atoms with Crippen molar-refractivity contribution in [1.82, 2.24) is 15.0 Å². The van der Waals surface area contributed by atoms with Crippen molar-refractivity contribution in [1.29, 1.82) is 0 Å². The molecule has 4 fully saturated rings. The number of hydrogen-bond donors (Lipinski definition) is 1. The van der Waals surface area contributed by atoms with Crippen LogP contribution in [-0.2, 0) is 6.54 Å². The van der Waals surface area contributed by atoms with E-state index < -0.39 is 5.60 Å². The van der Waals surface area contributed by atoms with Crippen molar-refractivity contribution >= 4 is 0 Å². The fourth-order valence-corrected chi connectivity index (χ4v) is 8.30. The molecule has 1 aromatic rings. The Balaban J connectivity index is 1.29. The molecule has 4 heteroatoms. The van der Waals surface area contributed by atoms with E-state index in [9.17, 15) is 5.11 Å². The average molecular weight is 372 g/mol. The van der Waals surface area contributed by atoms with E-state index >= 15 is 0 Å². The highest BCUT2D eigenvalue weighted by molar-refractivity contribution is 5.06. The van der Waals surface area contributed by atoms with Gasteiger partial charge < -0.3 is 5.11 Å². The summed E-state index contributed by atoms with van der Waals surface area (Å²) in [7, 11) is 0. The minimum absolute atomic E-state index is 0.392. The molecule has 4 nitrogen and oxygen atoms in total. The van der Waals surface area contributed by atoms with Gasteiger partial charge in [0, 0.05) is 12.7 Å². The van der Waals surface area contributed by atoms with E-state index in [0.29, 0.717) is 5.41 Å². The Labute approximate surface area is 164 Å². The van der Waals surface area contributed by atoms with Crippen molar-refractivity contribution < 1.29 is 5.11 Å². The first kappa shape index (κ1) is 18.1. The lowest BCUT2D eigenvalue weighted by Gasteiger charge is -2.57.